The van der Waals surface area contributed by atoms with Crippen molar-refractivity contribution in [2.75, 3.05) is 12.0 Å². The van der Waals surface area contributed by atoms with E-state index in [1.807, 2.05) is 36.4 Å². The zero-order valence-corrected chi connectivity index (χ0v) is 17.2. The number of aliphatic hydroxyl groups excluding tert-OH is 1. The molecule has 148 valence electrons. The van der Waals surface area contributed by atoms with Crippen molar-refractivity contribution in [1.29, 1.82) is 0 Å². The summed E-state index contributed by atoms with van der Waals surface area (Å²) in [6, 6.07) is 26.5. The third kappa shape index (κ3) is 3.79. The number of aliphatic hydroxyl groups is 1. The first-order valence-corrected chi connectivity index (χ1v) is 9.95. The zero-order chi connectivity index (χ0) is 20.4. The zero-order valence-electron chi connectivity index (χ0n) is 17.2. The lowest BCUT2D eigenvalue weighted by molar-refractivity contribution is 0.236. The number of anilines is 1. The number of rotatable bonds is 5. The largest absolute Gasteiger partial charge is 0.497 e. The average Bonchev–Trinajstić information content (AvgIpc) is 2.75. The highest BCUT2D eigenvalue weighted by Gasteiger charge is 2.34. The van der Waals surface area contributed by atoms with Gasteiger partial charge < -0.3 is 14.7 Å². The summed E-state index contributed by atoms with van der Waals surface area (Å²) in [5.41, 5.74) is 4.99. The highest BCUT2D eigenvalue weighted by molar-refractivity contribution is 5.84. The quantitative estimate of drug-likeness (QED) is 0.619. The van der Waals surface area contributed by atoms with E-state index < -0.39 is 6.10 Å². The first kappa shape index (κ1) is 19.3. The molecule has 0 aromatic heterocycles. The molecule has 1 unspecified atom stereocenters. The van der Waals surface area contributed by atoms with Crippen LogP contribution in [0.15, 0.2) is 84.9 Å². The predicted octanol–water partition coefficient (Wildman–Crippen LogP) is 5.61. The highest BCUT2D eigenvalue weighted by atomic mass is 16.5. The minimum absolute atomic E-state index is 0.251. The van der Waals surface area contributed by atoms with Gasteiger partial charge in [0.25, 0.3) is 0 Å². The summed E-state index contributed by atoms with van der Waals surface area (Å²) in [5.74, 6) is 0.746. The van der Waals surface area contributed by atoms with Gasteiger partial charge >= 0.3 is 0 Å². The molecule has 0 aliphatic carbocycles. The molecule has 0 saturated carbocycles. The Morgan fingerprint density at radius 2 is 1.66 bits per heavy atom. The molecule has 0 fully saturated rings. The minimum atomic E-state index is -0.718. The Kier molecular flexibility index (Phi) is 5.16. The second kappa shape index (κ2) is 7.76. The van der Waals surface area contributed by atoms with E-state index in [2.05, 4.69) is 67.3 Å². The Hall–Kier alpha value is -3.04. The number of hydrogen-bond donors (Lipinski definition) is 1. The monoisotopic (exact) mass is 385 g/mol. The maximum atomic E-state index is 11.3. The molecule has 29 heavy (non-hydrogen) atoms. The molecule has 1 aliphatic heterocycles. The van der Waals surface area contributed by atoms with Crippen molar-refractivity contribution in [3.05, 3.63) is 102 Å². The lowest BCUT2D eigenvalue weighted by atomic mass is 9.83. The average molecular weight is 386 g/mol. The van der Waals surface area contributed by atoms with Gasteiger partial charge in [0.2, 0.25) is 0 Å². The van der Waals surface area contributed by atoms with Crippen LogP contribution in [0.1, 0.15) is 36.6 Å². The van der Waals surface area contributed by atoms with Crippen LogP contribution in [0.2, 0.25) is 0 Å². The van der Waals surface area contributed by atoms with E-state index in [4.69, 9.17) is 4.74 Å². The fourth-order valence-corrected chi connectivity index (χ4v) is 4.07. The summed E-state index contributed by atoms with van der Waals surface area (Å²) in [6.45, 7) is 5.21. The van der Waals surface area contributed by atoms with Crippen LogP contribution in [0.25, 0.3) is 5.57 Å². The summed E-state index contributed by atoms with van der Waals surface area (Å²) in [4.78, 5) is 2.40. The standard InChI is InChI=1S/C26H27NO2/c1-26(2)17-23(25(28)20-12-9-13-21(16-20)29-3)22-14-7-8-15-24(22)27(26)18-19-10-5-4-6-11-19/h4-17,25,28H,18H2,1-3H3. The number of ether oxygens (including phenoxy) is 1. The molecule has 1 heterocycles. The minimum Gasteiger partial charge on any atom is -0.497 e. The van der Waals surface area contributed by atoms with Gasteiger partial charge in [-0.1, -0.05) is 66.7 Å². The Morgan fingerprint density at radius 3 is 2.41 bits per heavy atom. The molecule has 4 rings (SSSR count). The summed E-state index contributed by atoms with van der Waals surface area (Å²) in [7, 11) is 1.64. The van der Waals surface area contributed by atoms with E-state index in [1.54, 1.807) is 7.11 Å². The van der Waals surface area contributed by atoms with E-state index in [0.717, 1.165) is 34.7 Å². The fraction of sp³-hybridized carbons (Fsp3) is 0.231. The molecule has 3 heteroatoms. The number of fused-ring (bicyclic) bond motifs is 1. The van der Waals surface area contributed by atoms with Crippen LogP contribution in [0.5, 0.6) is 5.75 Å². The molecule has 1 N–H and O–H groups in total. The van der Waals surface area contributed by atoms with E-state index >= 15 is 0 Å². The maximum Gasteiger partial charge on any atom is 0.119 e. The van der Waals surface area contributed by atoms with Gasteiger partial charge in [-0.3, -0.25) is 0 Å². The topological polar surface area (TPSA) is 32.7 Å². The van der Waals surface area contributed by atoms with E-state index in [1.165, 1.54) is 5.56 Å². The van der Waals surface area contributed by atoms with Crippen LogP contribution in [-0.4, -0.2) is 17.8 Å². The van der Waals surface area contributed by atoms with Crippen molar-refractivity contribution in [3.8, 4) is 5.75 Å². The van der Waals surface area contributed by atoms with Crippen molar-refractivity contribution in [3.63, 3.8) is 0 Å². The molecule has 0 amide bonds. The van der Waals surface area contributed by atoms with Gasteiger partial charge in [0.05, 0.1) is 12.6 Å². The van der Waals surface area contributed by atoms with Gasteiger partial charge in [0.1, 0.15) is 11.9 Å². The number of nitrogens with zero attached hydrogens (tertiary/aromatic N) is 1. The van der Waals surface area contributed by atoms with Crippen LogP contribution >= 0.6 is 0 Å². The van der Waals surface area contributed by atoms with Crippen LogP contribution in [0.4, 0.5) is 5.69 Å². The van der Waals surface area contributed by atoms with E-state index in [9.17, 15) is 5.11 Å². The van der Waals surface area contributed by atoms with Crippen molar-refractivity contribution in [2.45, 2.75) is 32.0 Å². The van der Waals surface area contributed by atoms with Crippen molar-refractivity contribution >= 4 is 11.3 Å². The smallest absolute Gasteiger partial charge is 0.119 e. The first-order chi connectivity index (χ1) is 14.0. The Bertz CT molecular complexity index is 1020. The van der Waals surface area contributed by atoms with Gasteiger partial charge in [-0.05, 0) is 48.7 Å². The lowest BCUT2D eigenvalue weighted by Crippen LogP contribution is -2.45. The molecule has 0 radical (unpaired) electrons. The van der Waals surface area contributed by atoms with Crippen LogP contribution < -0.4 is 9.64 Å². The fourth-order valence-electron chi connectivity index (χ4n) is 4.07. The summed E-state index contributed by atoms with van der Waals surface area (Å²) in [6.07, 6.45) is 1.48. The molecular formula is C26H27NO2. The predicted molar refractivity (Wildman–Crippen MR) is 119 cm³/mol. The SMILES string of the molecule is COc1cccc(C(O)C2=CC(C)(C)N(Cc3ccccc3)c3ccccc32)c1. The van der Waals surface area contributed by atoms with Crippen molar-refractivity contribution in [2.24, 2.45) is 0 Å². The second-order valence-corrected chi connectivity index (χ2v) is 8.02. The van der Waals surface area contributed by atoms with Crippen LogP contribution in [0, 0.1) is 0 Å². The van der Waals surface area contributed by atoms with E-state index in [-0.39, 0.29) is 5.54 Å². The number of methoxy groups -OCH3 is 1. The van der Waals surface area contributed by atoms with Gasteiger partial charge in [0.15, 0.2) is 0 Å². The van der Waals surface area contributed by atoms with Gasteiger partial charge in [0, 0.05) is 17.8 Å². The van der Waals surface area contributed by atoms with Gasteiger partial charge in [-0.25, -0.2) is 0 Å². The van der Waals surface area contributed by atoms with Gasteiger partial charge in [-0.2, -0.15) is 0 Å². The van der Waals surface area contributed by atoms with Crippen LogP contribution in [-0.2, 0) is 6.54 Å². The normalized spacial score (nSPS) is 16.0. The summed E-state index contributed by atoms with van der Waals surface area (Å²) < 4.78 is 5.35. The van der Waals surface area contributed by atoms with E-state index in [0.29, 0.717) is 0 Å². The maximum absolute atomic E-state index is 11.3. The van der Waals surface area contributed by atoms with Crippen molar-refractivity contribution < 1.29 is 9.84 Å². The third-order valence-electron chi connectivity index (χ3n) is 5.60. The van der Waals surface area contributed by atoms with Crippen molar-refractivity contribution in [1.82, 2.24) is 0 Å². The molecule has 0 saturated heterocycles. The number of para-hydroxylation sites is 1. The second-order valence-electron chi connectivity index (χ2n) is 8.02. The summed E-state index contributed by atoms with van der Waals surface area (Å²) in [5, 5.41) is 11.3. The first-order valence-electron chi connectivity index (χ1n) is 9.95. The Labute approximate surface area is 172 Å². The molecule has 1 atom stereocenters. The Balaban J connectivity index is 1.76. The number of benzene rings is 3. The Morgan fingerprint density at radius 1 is 0.931 bits per heavy atom. The van der Waals surface area contributed by atoms with Crippen LogP contribution in [0.3, 0.4) is 0 Å². The molecular weight excluding hydrogens is 358 g/mol. The number of hydrogen-bond acceptors (Lipinski definition) is 3. The molecule has 0 bridgehead atoms. The lowest BCUT2D eigenvalue weighted by Gasteiger charge is -2.44. The molecule has 3 aromatic rings. The summed E-state index contributed by atoms with van der Waals surface area (Å²) >= 11 is 0. The molecule has 3 aromatic carbocycles. The third-order valence-corrected chi connectivity index (χ3v) is 5.60. The highest BCUT2D eigenvalue weighted by Crippen LogP contribution is 2.44. The molecule has 3 nitrogen and oxygen atoms in total. The molecule has 0 spiro atoms. The molecule has 1 aliphatic rings. The van der Waals surface area contributed by atoms with Gasteiger partial charge in [-0.15, -0.1) is 0 Å².